The predicted octanol–water partition coefficient (Wildman–Crippen LogP) is 0.683. The van der Waals surface area contributed by atoms with E-state index >= 15 is 0 Å². The first-order valence-corrected chi connectivity index (χ1v) is 6.13. The highest BCUT2D eigenvalue weighted by Crippen LogP contribution is 2.22. The molecule has 2 rings (SSSR count). The Morgan fingerprint density at radius 1 is 1.29 bits per heavy atom. The van der Waals surface area contributed by atoms with Gasteiger partial charge in [-0.05, 0) is 13.5 Å². The zero-order chi connectivity index (χ0) is 12.4. The highest BCUT2D eigenvalue weighted by molar-refractivity contribution is 5.84. The summed E-state index contributed by atoms with van der Waals surface area (Å²) < 4.78 is 1.82. The minimum atomic E-state index is 0.734. The van der Waals surface area contributed by atoms with E-state index in [-0.39, 0.29) is 0 Å². The maximum absolute atomic E-state index is 11.1. The molecule has 0 unspecified atom stereocenters. The first-order chi connectivity index (χ1) is 8.17. The highest BCUT2D eigenvalue weighted by Gasteiger charge is 2.22. The second-order valence-electron chi connectivity index (χ2n) is 4.49. The van der Waals surface area contributed by atoms with Gasteiger partial charge in [0.2, 0.25) is 0 Å². The zero-order valence-electron chi connectivity index (χ0n) is 10.8. The number of anilines is 1. The number of rotatable bonds is 3. The summed E-state index contributed by atoms with van der Waals surface area (Å²) in [7, 11) is 1.90. The third-order valence-corrected chi connectivity index (χ3v) is 3.47. The van der Waals surface area contributed by atoms with Crippen molar-refractivity contribution in [3.8, 4) is 0 Å². The van der Waals surface area contributed by atoms with Gasteiger partial charge in [-0.3, -0.25) is 9.48 Å². The van der Waals surface area contributed by atoms with Crippen LogP contribution in [0.4, 0.5) is 5.82 Å². The molecule has 1 aromatic heterocycles. The quantitative estimate of drug-likeness (QED) is 0.724. The SMILES string of the molecule is CCN1CCN(c2c(C=O)c(C)nn2C)CC1. The van der Waals surface area contributed by atoms with Gasteiger partial charge in [-0.2, -0.15) is 5.10 Å². The molecule has 5 nitrogen and oxygen atoms in total. The normalized spacial score (nSPS) is 17.5. The van der Waals surface area contributed by atoms with Crippen LogP contribution in [0.1, 0.15) is 23.0 Å². The van der Waals surface area contributed by atoms with Crippen molar-refractivity contribution >= 4 is 12.1 Å². The minimum Gasteiger partial charge on any atom is -0.354 e. The van der Waals surface area contributed by atoms with Crippen molar-refractivity contribution in [2.24, 2.45) is 7.05 Å². The van der Waals surface area contributed by atoms with Gasteiger partial charge in [0.1, 0.15) is 5.82 Å². The molecule has 0 saturated carbocycles. The lowest BCUT2D eigenvalue weighted by Crippen LogP contribution is -2.47. The third kappa shape index (κ3) is 2.20. The Hall–Kier alpha value is -1.36. The molecule has 1 aliphatic heterocycles. The van der Waals surface area contributed by atoms with Gasteiger partial charge in [0, 0.05) is 33.2 Å². The summed E-state index contributed by atoms with van der Waals surface area (Å²) in [5.74, 6) is 0.966. The van der Waals surface area contributed by atoms with E-state index in [0.29, 0.717) is 0 Å². The summed E-state index contributed by atoms with van der Waals surface area (Å²) in [4.78, 5) is 15.8. The van der Waals surface area contributed by atoms with Crippen molar-refractivity contribution in [2.45, 2.75) is 13.8 Å². The van der Waals surface area contributed by atoms with Crippen molar-refractivity contribution in [1.29, 1.82) is 0 Å². The number of carbonyl (C=O) groups is 1. The summed E-state index contributed by atoms with van der Waals surface area (Å²) in [6, 6.07) is 0. The van der Waals surface area contributed by atoms with Gasteiger partial charge in [0.15, 0.2) is 6.29 Å². The van der Waals surface area contributed by atoms with Crippen molar-refractivity contribution in [3.05, 3.63) is 11.3 Å². The number of aromatic nitrogens is 2. The number of nitrogens with zero attached hydrogens (tertiary/aromatic N) is 4. The Bertz CT molecular complexity index is 405. The number of carbonyl (C=O) groups excluding carboxylic acids is 1. The first kappa shape index (κ1) is 12.1. The molecule has 0 aliphatic carbocycles. The summed E-state index contributed by atoms with van der Waals surface area (Å²) in [5.41, 5.74) is 1.55. The van der Waals surface area contributed by atoms with E-state index in [1.807, 2.05) is 18.7 Å². The molecule has 94 valence electrons. The van der Waals surface area contributed by atoms with Gasteiger partial charge >= 0.3 is 0 Å². The monoisotopic (exact) mass is 236 g/mol. The molecule has 5 heteroatoms. The number of aldehydes is 1. The molecular formula is C12H20N4O. The molecule has 1 aromatic rings. The van der Waals surface area contributed by atoms with Gasteiger partial charge in [0.25, 0.3) is 0 Å². The Kier molecular flexibility index (Phi) is 3.47. The summed E-state index contributed by atoms with van der Waals surface area (Å²) in [6.07, 6.45) is 0.920. The number of piperazine rings is 1. The van der Waals surface area contributed by atoms with Crippen LogP contribution in [0, 0.1) is 6.92 Å². The molecule has 0 radical (unpaired) electrons. The van der Waals surface area contributed by atoms with Gasteiger partial charge in [-0.1, -0.05) is 6.92 Å². The second kappa shape index (κ2) is 4.87. The van der Waals surface area contributed by atoms with E-state index in [9.17, 15) is 4.79 Å². The van der Waals surface area contributed by atoms with Gasteiger partial charge in [-0.15, -0.1) is 0 Å². The van der Waals surface area contributed by atoms with E-state index in [4.69, 9.17) is 0 Å². The first-order valence-electron chi connectivity index (χ1n) is 6.13. The molecule has 1 saturated heterocycles. The number of likely N-dealkylation sites (N-methyl/N-ethyl adjacent to an activating group) is 1. The molecule has 1 aliphatic rings. The average molecular weight is 236 g/mol. The largest absolute Gasteiger partial charge is 0.354 e. The van der Waals surface area contributed by atoms with Gasteiger partial charge in [-0.25, -0.2) is 0 Å². The predicted molar refractivity (Wildman–Crippen MR) is 67.7 cm³/mol. The Morgan fingerprint density at radius 2 is 1.94 bits per heavy atom. The second-order valence-corrected chi connectivity index (χ2v) is 4.49. The Labute approximate surface area is 102 Å². The molecule has 2 heterocycles. The lowest BCUT2D eigenvalue weighted by atomic mass is 10.2. The fourth-order valence-corrected chi connectivity index (χ4v) is 2.45. The van der Waals surface area contributed by atoms with E-state index in [1.54, 1.807) is 0 Å². The van der Waals surface area contributed by atoms with Gasteiger partial charge in [0.05, 0.1) is 11.3 Å². The standard InChI is InChI=1S/C12H20N4O/c1-4-15-5-7-16(8-6-15)12-11(9-17)10(2)13-14(12)3/h9H,4-8H2,1-3H3. The minimum absolute atomic E-state index is 0.734. The molecule has 0 aromatic carbocycles. The van der Waals surface area contributed by atoms with Crippen LogP contribution in [0.25, 0.3) is 0 Å². The molecule has 1 fully saturated rings. The van der Waals surface area contributed by atoms with Crippen LogP contribution in [-0.2, 0) is 7.05 Å². The average Bonchev–Trinajstić information content (AvgIpc) is 2.63. The van der Waals surface area contributed by atoms with Crippen molar-refractivity contribution in [2.75, 3.05) is 37.6 Å². The topological polar surface area (TPSA) is 41.4 Å². The lowest BCUT2D eigenvalue weighted by molar-refractivity contribution is 0.112. The lowest BCUT2D eigenvalue weighted by Gasteiger charge is -2.35. The van der Waals surface area contributed by atoms with Crippen LogP contribution in [0.3, 0.4) is 0 Å². The fraction of sp³-hybridized carbons (Fsp3) is 0.667. The fourth-order valence-electron chi connectivity index (χ4n) is 2.45. The number of aryl methyl sites for hydroxylation is 2. The third-order valence-electron chi connectivity index (χ3n) is 3.47. The van der Waals surface area contributed by atoms with Crippen LogP contribution in [-0.4, -0.2) is 53.7 Å². The van der Waals surface area contributed by atoms with E-state index in [2.05, 4.69) is 21.8 Å². The summed E-state index contributed by atoms with van der Waals surface area (Å²) >= 11 is 0. The van der Waals surface area contributed by atoms with Crippen LogP contribution >= 0.6 is 0 Å². The molecule has 0 atom stereocenters. The van der Waals surface area contributed by atoms with Crippen molar-refractivity contribution in [3.63, 3.8) is 0 Å². The molecule has 0 amide bonds. The summed E-state index contributed by atoms with van der Waals surface area (Å²) in [6.45, 7) is 9.20. The van der Waals surface area contributed by atoms with E-state index < -0.39 is 0 Å². The Morgan fingerprint density at radius 3 is 2.47 bits per heavy atom. The van der Waals surface area contributed by atoms with E-state index in [1.165, 1.54) is 0 Å². The van der Waals surface area contributed by atoms with Crippen LogP contribution in [0.15, 0.2) is 0 Å². The molecule has 17 heavy (non-hydrogen) atoms. The molecule has 0 bridgehead atoms. The smallest absolute Gasteiger partial charge is 0.155 e. The van der Waals surface area contributed by atoms with Crippen LogP contribution in [0.2, 0.25) is 0 Å². The van der Waals surface area contributed by atoms with Crippen LogP contribution in [0.5, 0.6) is 0 Å². The number of hydrogen-bond acceptors (Lipinski definition) is 4. The summed E-state index contributed by atoms with van der Waals surface area (Å²) in [5, 5.41) is 4.33. The highest BCUT2D eigenvalue weighted by atomic mass is 16.1. The van der Waals surface area contributed by atoms with E-state index in [0.717, 1.165) is 56.1 Å². The molecule has 0 N–H and O–H groups in total. The Balaban J connectivity index is 2.20. The molecule has 0 spiro atoms. The number of hydrogen-bond donors (Lipinski definition) is 0. The maximum atomic E-state index is 11.1. The zero-order valence-corrected chi connectivity index (χ0v) is 10.8. The van der Waals surface area contributed by atoms with Crippen molar-refractivity contribution in [1.82, 2.24) is 14.7 Å². The molecular weight excluding hydrogens is 216 g/mol. The van der Waals surface area contributed by atoms with Gasteiger partial charge < -0.3 is 9.80 Å². The maximum Gasteiger partial charge on any atom is 0.155 e. The van der Waals surface area contributed by atoms with Crippen LogP contribution < -0.4 is 4.90 Å². The van der Waals surface area contributed by atoms with Crippen molar-refractivity contribution < 1.29 is 4.79 Å².